The highest BCUT2D eigenvalue weighted by atomic mass is 31.1. The average molecular weight is 318 g/mol. The predicted octanol–water partition coefficient (Wildman–Crippen LogP) is 3.60. The average Bonchev–Trinajstić information content (AvgIpc) is 2.58. The molecule has 0 saturated carbocycles. The van der Waals surface area contributed by atoms with E-state index in [2.05, 4.69) is 13.8 Å². The molecule has 0 aliphatic rings. The van der Waals surface area contributed by atoms with E-state index in [1.165, 1.54) is 0 Å². The third-order valence-corrected chi connectivity index (χ3v) is 4.68. The van der Waals surface area contributed by atoms with E-state index in [9.17, 15) is 4.89 Å². The van der Waals surface area contributed by atoms with Gasteiger partial charge in [0.05, 0.1) is 21.4 Å². The Morgan fingerprint density at radius 3 is 1.41 bits per heavy atom. The van der Waals surface area contributed by atoms with Crippen molar-refractivity contribution in [1.82, 2.24) is 0 Å². The highest BCUT2D eigenvalue weighted by Gasteiger charge is 2.11. The zero-order chi connectivity index (χ0) is 15.8. The van der Waals surface area contributed by atoms with Gasteiger partial charge in [-0.25, -0.2) is 0 Å². The van der Waals surface area contributed by atoms with Crippen LogP contribution in [0.4, 0.5) is 0 Å². The summed E-state index contributed by atoms with van der Waals surface area (Å²) in [6.07, 6.45) is 1.97. The van der Waals surface area contributed by atoms with Gasteiger partial charge in [-0.05, 0) is 61.4 Å². The van der Waals surface area contributed by atoms with E-state index in [-0.39, 0.29) is 0 Å². The topological polar surface area (TPSA) is 38.7 Å². The van der Waals surface area contributed by atoms with Crippen LogP contribution in [0, 0.1) is 0 Å². The molecule has 3 nitrogen and oxygen atoms in total. The molecule has 0 bridgehead atoms. The molecule has 0 aliphatic heterocycles. The monoisotopic (exact) mass is 318 g/mol. The third kappa shape index (κ3) is 4.72. The van der Waals surface area contributed by atoms with Crippen LogP contribution in [0.3, 0.4) is 0 Å². The molecule has 118 valence electrons. The van der Waals surface area contributed by atoms with Gasteiger partial charge in [0.15, 0.2) is 0 Å². The van der Waals surface area contributed by atoms with Gasteiger partial charge in [-0.15, -0.1) is 0 Å². The Kier molecular flexibility index (Phi) is 6.70. The summed E-state index contributed by atoms with van der Waals surface area (Å²) in [5.41, 5.74) is 0. The van der Waals surface area contributed by atoms with Crippen molar-refractivity contribution in [2.45, 2.75) is 26.7 Å². The van der Waals surface area contributed by atoms with Gasteiger partial charge in [-0.2, -0.15) is 0 Å². The first-order valence-corrected chi connectivity index (χ1v) is 8.98. The largest absolute Gasteiger partial charge is 0.494 e. The summed E-state index contributed by atoms with van der Waals surface area (Å²) in [5.74, 6) is 1.69. The molecule has 4 heteroatoms. The predicted molar refractivity (Wildman–Crippen MR) is 92.9 cm³/mol. The molecule has 0 unspecified atom stereocenters. The van der Waals surface area contributed by atoms with Gasteiger partial charge >= 0.3 is 0 Å². The molecular formula is C18H23O3P. The van der Waals surface area contributed by atoms with E-state index in [0.29, 0.717) is 13.2 Å². The fourth-order valence-electron chi connectivity index (χ4n) is 1.96. The molecule has 0 spiro atoms. The van der Waals surface area contributed by atoms with Gasteiger partial charge in [0.25, 0.3) is 0 Å². The Morgan fingerprint density at radius 2 is 1.09 bits per heavy atom. The Hall–Kier alpha value is -1.57. The first kappa shape index (κ1) is 16.8. The lowest BCUT2D eigenvalue weighted by Crippen LogP contribution is -2.11. The molecule has 2 rings (SSSR count). The molecule has 0 amide bonds. The van der Waals surface area contributed by atoms with Gasteiger partial charge in [-0.3, -0.25) is 0 Å². The Morgan fingerprint density at radius 1 is 0.727 bits per heavy atom. The van der Waals surface area contributed by atoms with Crippen LogP contribution >= 0.6 is 8.15 Å². The second kappa shape index (κ2) is 8.77. The standard InChI is InChI=1S/C18H23O3P/c1-3-13-20-15-5-9-17(10-6-15)22(19)18-11-7-16(8-12-18)21-14-4-2/h5-12,19H,3-4,13-14H2,1-2H3. The van der Waals surface area contributed by atoms with Crippen molar-refractivity contribution in [3.05, 3.63) is 48.5 Å². The minimum atomic E-state index is -1.33. The van der Waals surface area contributed by atoms with E-state index >= 15 is 0 Å². The maximum Gasteiger partial charge on any atom is 0.119 e. The molecule has 0 heterocycles. The van der Waals surface area contributed by atoms with Crippen LogP contribution in [0.2, 0.25) is 0 Å². The van der Waals surface area contributed by atoms with Crippen molar-refractivity contribution >= 4 is 18.8 Å². The van der Waals surface area contributed by atoms with E-state index < -0.39 is 8.15 Å². The van der Waals surface area contributed by atoms with Crippen molar-refractivity contribution in [1.29, 1.82) is 0 Å². The van der Waals surface area contributed by atoms with Crippen LogP contribution in [0.5, 0.6) is 11.5 Å². The molecule has 0 atom stereocenters. The molecule has 0 fully saturated rings. The summed E-state index contributed by atoms with van der Waals surface area (Å²) in [7, 11) is -1.33. The molecule has 22 heavy (non-hydrogen) atoms. The zero-order valence-corrected chi connectivity index (χ0v) is 14.1. The van der Waals surface area contributed by atoms with Gasteiger partial charge in [0.2, 0.25) is 0 Å². The second-order valence-electron chi connectivity index (χ2n) is 5.00. The van der Waals surface area contributed by atoms with Gasteiger partial charge in [0, 0.05) is 10.6 Å². The Labute approximate surface area is 133 Å². The van der Waals surface area contributed by atoms with Crippen LogP contribution < -0.4 is 20.1 Å². The summed E-state index contributed by atoms with van der Waals surface area (Å²) in [6, 6.07) is 15.4. The van der Waals surface area contributed by atoms with Crippen LogP contribution in [-0.4, -0.2) is 18.1 Å². The summed E-state index contributed by atoms with van der Waals surface area (Å²) in [5, 5.41) is 1.84. The highest BCUT2D eigenvalue weighted by Crippen LogP contribution is 2.29. The lowest BCUT2D eigenvalue weighted by molar-refractivity contribution is 0.317. The molecular weight excluding hydrogens is 295 g/mol. The minimum Gasteiger partial charge on any atom is -0.494 e. The van der Waals surface area contributed by atoms with Gasteiger partial charge in [-0.1, -0.05) is 13.8 Å². The van der Waals surface area contributed by atoms with Gasteiger partial charge in [0.1, 0.15) is 11.5 Å². The minimum absolute atomic E-state index is 0.715. The number of rotatable bonds is 8. The second-order valence-corrected chi connectivity index (χ2v) is 6.65. The molecule has 2 aromatic rings. The number of benzene rings is 2. The first-order valence-electron chi connectivity index (χ1n) is 7.69. The van der Waals surface area contributed by atoms with Crippen molar-refractivity contribution < 1.29 is 14.4 Å². The van der Waals surface area contributed by atoms with Crippen LogP contribution in [0.1, 0.15) is 26.7 Å². The maximum atomic E-state index is 10.5. The van der Waals surface area contributed by atoms with Crippen molar-refractivity contribution in [3.63, 3.8) is 0 Å². The SMILES string of the molecule is CCCOc1ccc(P(O)c2ccc(OCCC)cc2)cc1. The quantitative estimate of drug-likeness (QED) is 0.756. The van der Waals surface area contributed by atoms with E-state index in [0.717, 1.165) is 34.9 Å². The zero-order valence-electron chi connectivity index (χ0n) is 13.2. The third-order valence-electron chi connectivity index (χ3n) is 3.11. The van der Waals surface area contributed by atoms with Crippen LogP contribution in [-0.2, 0) is 0 Å². The van der Waals surface area contributed by atoms with Gasteiger partial charge < -0.3 is 14.4 Å². The smallest absolute Gasteiger partial charge is 0.119 e. The van der Waals surface area contributed by atoms with E-state index in [4.69, 9.17) is 9.47 Å². The lowest BCUT2D eigenvalue weighted by atomic mass is 10.3. The fraction of sp³-hybridized carbons (Fsp3) is 0.333. The van der Waals surface area contributed by atoms with Crippen molar-refractivity contribution in [3.8, 4) is 11.5 Å². The Balaban J connectivity index is 2.02. The number of ether oxygens (including phenoxy) is 2. The summed E-state index contributed by atoms with van der Waals surface area (Å²) in [6.45, 7) is 5.59. The van der Waals surface area contributed by atoms with Crippen LogP contribution in [0.25, 0.3) is 0 Å². The lowest BCUT2D eigenvalue weighted by Gasteiger charge is -2.13. The van der Waals surface area contributed by atoms with E-state index in [1.807, 2.05) is 48.5 Å². The Bertz CT molecular complexity index is 500. The van der Waals surface area contributed by atoms with E-state index in [1.54, 1.807) is 0 Å². The fourth-order valence-corrected chi connectivity index (χ4v) is 3.12. The molecule has 1 N–H and O–H groups in total. The molecule has 0 saturated heterocycles. The maximum absolute atomic E-state index is 10.5. The van der Waals surface area contributed by atoms with Crippen LogP contribution in [0.15, 0.2) is 48.5 Å². The molecule has 0 radical (unpaired) electrons. The van der Waals surface area contributed by atoms with Crippen molar-refractivity contribution in [2.75, 3.05) is 13.2 Å². The molecule has 0 aliphatic carbocycles. The summed E-state index contributed by atoms with van der Waals surface area (Å²) in [4.78, 5) is 10.5. The summed E-state index contributed by atoms with van der Waals surface area (Å²) >= 11 is 0. The molecule has 0 aromatic heterocycles. The molecule has 2 aromatic carbocycles. The number of hydrogen-bond donors (Lipinski definition) is 1. The first-order chi connectivity index (χ1) is 10.7. The number of hydrogen-bond acceptors (Lipinski definition) is 3. The van der Waals surface area contributed by atoms with Crippen molar-refractivity contribution in [2.24, 2.45) is 0 Å². The summed E-state index contributed by atoms with van der Waals surface area (Å²) < 4.78 is 11.1. The highest BCUT2D eigenvalue weighted by molar-refractivity contribution is 7.67. The normalized spacial score (nSPS) is 10.7.